The van der Waals surface area contributed by atoms with Gasteiger partial charge in [0.15, 0.2) is 0 Å². The molecule has 21 heavy (non-hydrogen) atoms. The molecule has 0 amide bonds. The summed E-state index contributed by atoms with van der Waals surface area (Å²) in [5, 5.41) is 0. The van der Waals surface area contributed by atoms with Crippen LogP contribution in [0.5, 0.6) is 0 Å². The van der Waals surface area contributed by atoms with Gasteiger partial charge in [-0.3, -0.25) is 0 Å². The topological polar surface area (TPSA) is 29.3 Å². The summed E-state index contributed by atoms with van der Waals surface area (Å²) in [6.45, 7) is 3.44. The molecule has 2 nitrogen and oxygen atoms in total. The maximum Gasteiger partial charge on any atom is 0.123 e. The summed E-state index contributed by atoms with van der Waals surface area (Å²) in [6.07, 6.45) is 7.73. The fourth-order valence-electron chi connectivity index (χ4n) is 4.16. The first kappa shape index (κ1) is 15.0. The van der Waals surface area contributed by atoms with Gasteiger partial charge >= 0.3 is 0 Å². The van der Waals surface area contributed by atoms with Crippen LogP contribution in [0.15, 0.2) is 24.3 Å². The van der Waals surface area contributed by atoms with Gasteiger partial charge < -0.3 is 10.6 Å². The number of nitrogens with two attached hydrogens (primary N) is 1. The second-order valence-corrected chi connectivity index (χ2v) is 7.06. The number of rotatable bonds is 4. The SMILES string of the molecule is NC1CC(Cc2ccc(F)cc2)CN(CC2CCCC2)C1. The summed E-state index contributed by atoms with van der Waals surface area (Å²) in [6, 6.07) is 7.25. The van der Waals surface area contributed by atoms with E-state index < -0.39 is 0 Å². The molecule has 1 saturated heterocycles. The van der Waals surface area contributed by atoms with E-state index in [1.54, 1.807) is 12.1 Å². The van der Waals surface area contributed by atoms with Crippen molar-refractivity contribution in [2.24, 2.45) is 17.6 Å². The van der Waals surface area contributed by atoms with Gasteiger partial charge in [-0.2, -0.15) is 0 Å². The standard InChI is InChI=1S/C18H27FN2/c19-17-7-5-14(6-8-17)9-16-10-18(20)13-21(12-16)11-15-3-1-2-4-15/h5-8,15-16,18H,1-4,9-13,20H2. The smallest absolute Gasteiger partial charge is 0.123 e. The molecule has 2 N–H and O–H groups in total. The van der Waals surface area contributed by atoms with E-state index in [1.165, 1.54) is 37.8 Å². The Kier molecular flexibility index (Phi) is 4.91. The molecule has 2 fully saturated rings. The van der Waals surface area contributed by atoms with Crippen LogP contribution >= 0.6 is 0 Å². The summed E-state index contributed by atoms with van der Waals surface area (Å²) in [5.41, 5.74) is 7.50. The fraction of sp³-hybridized carbons (Fsp3) is 0.667. The van der Waals surface area contributed by atoms with Crippen LogP contribution < -0.4 is 5.73 Å². The minimum Gasteiger partial charge on any atom is -0.327 e. The Labute approximate surface area is 127 Å². The van der Waals surface area contributed by atoms with Gasteiger partial charge in [-0.25, -0.2) is 4.39 Å². The highest BCUT2D eigenvalue weighted by molar-refractivity contribution is 5.17. The summed E-state index contributed by atoms with van der Waals surface area (Å²) >= 11 is 0. The van der Waals surface area contributed by atoms with Crippen molar-refractivity contribution in [1.29, 1.82) is 0 Å². The third-order valence-electron chi connectivity index (χ3n) is 5.07. The van der Waals surface area contributed by atoms with Crippen LogP contribution in [0.1, 0.15) is 37.7 Å². The Hall–Kier alpha value is -0.930. The number of halogens is 1. The molecule has 1 aliphatic carbocycles. The third-order valence-corrected chi connectivity index (χ3v) is 5.07. The molecule has 1 aromatic rings. The normalized spacial score (nSPS) is 28.1. The Morgan fingerprint density at radius 3 is 2.48 bits per heavy atom. The molecule has 0 radical (unpaired) electrons. The van der Waals surface area contributed by atoms with E-state index in [1.807, 2.05) is 12.1 Å². The fourth-order valence-corrected chi connectivity index (χ4v) is 4.16. The molecule has 1 aliphatic heterocycles. The molecule has 3 heteroatoms. The maximum atomic E-state index is 13.0. The van der Waals surface area contributed by atoms with Crippen LogP contribution in [-0.4, -0.2) is 30.6 Å². The lowest BCUT2D eigenvalue weighted by molar-refractivity contribution is 0.136. The van der Waals surface area contributed by atoms with Crippen molar-refractivity contribution in [2.45, 2.75) is 44.6 Å². The number of hydrogen-bond acceptors (Lipinski definition) is 2. The van der Waals surface area contributed by atoms with Crippen LogP contribution in [0.2, 0.25) is 0 Å². The summed E-state index contributed by atoms with van der Waals surface area (Å²) in [5.74, 6) is 1.35. The molecule has 116 valence electrons. The van der Waals surface area contributed by atoms with Crippen LogP contribution in [0.3, 0.4) is 0 Å². The molecule has 1 saturated carbocycles. The van der Waals surface area contributed by atoms with Crippen molar-refractivity contribution in [1.82, 2.24) is 4.90 Å². The van der Waals surface area contributed by atoms with E-state index in [0.717, 1.165) is 31.8 Å². The molecular weight excluding hydrogens is 263 g/mol. The van der Waals surface area contributed by atoms with Crippen molar-refractivity contribution in [3.63, 3.8) is 0 Å². The number of piperidine rings is 1. The van der Waals surface area contributed by atoms with Crippen LogP contribution in [0, 0.1) is 17.7 Å². The highest BCUT2D eigenvalue weighted by Crippen LogP contribution is 2.28. The number of nitrogens with zero attached hydrogens (tertiary/aromatic N) is 1. The van der Waals surface area contributed by atoms with E-state index in [9.17, 15) is 4.39 Å². The lowest BCUT2D eigenvalue weighted by Crippen LogP contribution is -2.48. The number of likely N-dealkylation sites (tertiary alicyclic amines) is 1. The van der Waals surface area contributed by atoms with Crippen molar-refractivity contribution in [2.75, 3.05) is 19.6 Å². The van der Waals surface area contributed by atoms with E-state index in [2.05, 4.69) is 4.90 Å². The van der Waals surface area contributed by atoms with Crippen molar-refractivity contribution in [3.8, 4) is 0 Å². The molecular formula is C18H27FN2. The van der Waals surface area contributed by atoms with Gasteiger partial charge in [0.1, 0.15) is 5.82 Å². The second-order valence-electron chi connectivity index (χ2n) is 7.06. The quantitative estimate of drug-likeness (QED) is 0.922. The first-order chi connectivity index (χ1) is 10.2. The van der Waals surface area contributed by atoms with Crippen molar-refractivity contribution in [3.05, 3.63) is 35.6 Å². The first-order valence-corrected chi connectivity index (χ1v) is 8.41. The van der Waals surface area contributed by atoms with Crippen molar-refractivity contribution >= 4 is 0 Å². The zero-order valence-corrected chi connectivity index (χ0v) is 12.8. The van der Waals surface area contributed by atoms with E-state index in [-0.39, 0.29) is 5.82 Å². The molecule has 2 atom stereocenters. The second kappa shape index (κ2) is 6.89. The Bertz CT molecular complexity index is 439. The summed E-state index contributed by atoms with van der Waals surface area (Å²) in [7, 11) is 0. The molecule has 3 rings (SSSR count). The van der Waals surface area contributed by atoms with Gasteiger partial charge in [0.05, 0.1) is 0 Å². The van der Waals surface area contributed by atoms with Gasteiger partial charge in [-0.1, -0.05) is 25.0 Å². The first-order valence-electron chi connectivity index (χ1n) is 8.41. The summed E-state index contributed by atoms with van der Waals surface area (Å²) < 4.78 is 13.0. The average molecular weight is 290 g/mol. The van der Waals surface area contributed by atoms with E-state index >= 15 is 0 Å². The summed E-state index contributed by atoms with van der Waals surface area (Å²) in [4.78, 5) is 2.58. The highest BCUT2D eigenvalue weighted by Gasteiger charge is 2.27. The number of hydrogen-bond donors (Lipinski definition) is 1. The molecule has 2 aliphatic rings. The van der Waals surface area contributed by atoms with Gasteiger partial charge in [0, 0.05) is 25.7 Å². The highest BCUT2D eigenvalue weighted by atomic mass is 19.1. The van der Waals surface area contributed by atoms with Crippen molar-refractivity contribution < 1.29 is 4.39 Å². The van der Waals surface area contributed by atoms with Gasteiger partial charge in [0.25, 0.3) is 0 Å². The van der Waals surface area contributed by atoms with Gasteiger partial charge in [-0.05, 0) is 55.2 Å². The molecule has 0 aromatic heterocycles. The third kappa shape index (κ3) is 4.27. The molecule has 1 heterocycles. The van der Waals surface area contributed by atoms with Crippen LogP contribution in [0.25, 0.3) is 0 Å². The lowest BCUT2D eigenvalue weighted by Gasteiger charge is -2.37. The predicted molar refractivity (Wildman–Crippen MR) is 84.6 cm³/mol. The van der Waals surface area contributed by atoms with Crippen LogP contribution in [0.4, 0.5) is 4.39 Å². The zero-order valence-electron chi connectivity index (χ0n) is 12.8. The molecule has 2 unspecified atom stereocenters. The van der Waals surface area contributed by atoms with Crippen LogP contribution in [-0.2, 0) is 6.42 Å². The predicted octanol–water partition coefficient (Wildman–Crippen LogP) is 3.21. The molecule has 0 spiro atoms. The Balaban J connectivity index is 1.55. The lowest BCUT2D eigenvalue weighted by atomic mass is 9.88. The largest absolute Gasteiger partial charge is 0.327 e. The van der Waals surface area contributed by atoms with E-state index in [0.29, 0.717) is 12.0 Å². The van der Waals surface area contributed by atoms with Gasteiger partial charge in [0.2, 0.25) is 0 Å². The average Bonchev–Trinajstić information content (AvgIpc) is 2.93. The Morgan fingerprint density at radius 2 is 1.76 bits per heavy atom. The molecule has 1 aromatic carbocycles. The monoisotopic (exact) mass is 290 g/mol. The minimum atomic E-state index is -0.151. The maximum absolute atomic E-state index is 13.0. The zero-order chi connectivity index (χ0) is 14.7. The minimum absolute atomic E-state index is 0.151. The van der Waals surface area contributed by atoms with E-state index in [4.69, 9.17) is 5.73 Å². The number of benzene rings is 1. The Morgan fingerprint density at radius 1 is 1.05 bits per heavy atom. The molecule has 0 bridgehead atoms. The van der Waals surface area contributed by atoms with Gasteiger partial charge in [-0.15, -0.1) is 0 Å².